The number of hydrogen-bond donors (Lipinski definition) is 2. The Balaban J connectivity index is 3.50. The van der Waals surface area contributed by atoms with Gasteiger partial charge in [-0.05, 0) is 19.8 Å². The first kappa shape index (κ1) is 22.8. The van der Waals surface area contributed by atoms with Crippen LogP contribution >= 0.6 is 0 Å². The summed E-state index contributed by atoms with van der Waals surface area (Å²) >= 11 is 0. The Morgan fingerprint density at radius 3 is 1.72 bits per heavy atom. The highest BCUT2D eigenvalue weighted by Gasteiger charge is 2.17. The van der Waals surface area contributed by atoms with Gasteiger partial charge in [0.15, 0.2) is 0 Å². The first-order chi connectivity index (χ1) is 11.8. The zero-order valence-corrected chi connectivity index (χ0v) is 14.7. The van der Waals surface area contributed by atoms with Gasteiger partial charge in [-0.15, -0.1) is 0 Å². The molecule has 0 amide bonds. The second-order valence-corrected chi connectivity index (χ2v) is 5.73. The van der Waals surface area contributed by atoms with E-state index in [-0.39, 0.29) is 12.4 Å². The van der Waals surface area contributed by atoms with Crippen LogP contribution in [0.15, 0.2) is 12.2 Å². The molecule has 0 aliphatic rings. The lowest BCUT2D eigenvalue weighted by molar-refractivity contribution is -0.139. The highest BCUT2D eigenvalue weighted by atomic mass is 16.8. The Hall–Kier alpha value is -2.25. The molecule has 0 aliphatic carbocycles. The molecule has 25 heavy (non-hydrogen) atoms. The van der Waals surface area contributed by atoms with Crippen LogP contribution in [0.4, 0.5) is 9.59 Å². The van der Waals surface area contributed by atoms with E-state index in [0.29, 0.717) is 18.6 Å². The van der Waals surface area contributed by atoms with Crippen molar-refractivity contribution in [2.24, 2.45) is 0 Å². The Bertz CT molecular complexity index is 416. The second-order valence-electron chi connectivity index (χ2n) is 5.73. The minimum Gasteiger partial charge on any atom is -0.462 e. The molecule has 0 saturated carbocycles. The lowest BCUT2D eigenvalue weighted by Crippen LogP contribution is -2.23. The zero-order valence-electron chi connectivity index (χ0n) is 14.7. The molecule has 0 fully saturated rings. The smallest absolute Gasteiger partial charge is 0.462 e. The topological polar surface area (TPSA) is 119 Å². The average Bonchev–Trinajstić information content (AvgIpc) is 2.50. The van der Waals surface area contributed by atoms with Crippen molar-refractivity contribution in [3.8, 4) is 0 Å². The number of unbranched alkanes of at least 4 members (excludes halogenated alkanes) is 7. The highest BCUT2D eigenvalue weighted by Crippen LogP contribution is 2.13. The molecule has 0 aromatic carbocycles. The Labute approximate surface area is 147 Å². The molecule has 0 spiro atoms. The van der Waals surface area contributed by atoms with Crippen LogP contribution in [0, 0.1) is 0 Å². The van der Waals surface area contributed by atoms with E-state index >= 15 is 0 Å². The lowest BCUT2D eigenvalue weighted by atomic mass is 10.1. The van der Waals surface area contributed by atoms with E-state index in [9.17, 15) is 14.4 Å². The number of hydrogen-bond acceptors (Lipinski definition) is 6. The van der Waals surface area contributed by atoms with Crippen LogP contribution < -0.4 is 0 Å². The van der Waals surface area contributed by atoms with Gasteiger partial charge in [-0.1, -0.05) is 45.1 Å². The molecule has 144 valence electrons. The summed E-state index contributed by atoms with van der Waals surface area (Å²) in [7, 11) is 0. The van der Waals surface area contributed by atoms with Gasteiger partial charge in [-0.2, -0.15) is 0 Å². The van der Waals surface area contributed by atoms with Crippen molar-refractivity contribution in [1.29, 1.82) is 0 Å². The van der Waals surface area contributed by atoms with E-state index in [2.05, 4.69) is 16.1 Å². The number of carbonyl (C=O) groups excluding carboxylic acids is 1. The third-order valence-corrected chi connectivity index (χ3v) is 3.38. The van der Waals surface area contributed by atoms with Crippen LogP contribution in [0.1, 0.15) is 64.7 Å². The van der Waals surface area contributed by atoms with Crippen LogP contribution in [0.2, 0.25) is 0 Å². The molecule has 8 nitrogen and oxygen atoms in total. The predicted octanol–water partition coefficient (Wildman–Crippen LogP) is 4.33. The maximum atomic E-state index is 11.1. The van der Waals surface area contributed by atoms with Gasteiger partial charge < -0.3 is 24.4 Å². The van der Waals surface area contributed by atoms with Crippen LogP contribution in [-0.2, 0) is 19.0 Å². The Morgan fingerprint density at radius 2 is 1.28 bits per heavy atom. The van der Waals surface area contributed by atoms with Crippen LogP contribution in [-0.4, -0.2) is 41.4 Å². The third kappa shape index (κ3) is 15.0. The number of esters is 1. The molecule has 0 atom stereocenters. The first-order valence-electron chi connectivity index (χ1n) is 8.44. The molecule has 0 aliphatic heterocycles. The maximum Gasteiger partial charge on any atom is 0.508 e. The van der Waals surface area contributed by atoms with Crippen molar-refractivity contribution in [2.75, 3.05) is 6.61 Å². The summed E-state index contributed by atoms with van der Waals surface area (Å²) in [5, 5.41) is 17.0. The molecule has 0 aromatic rings. The molecule has 0 radical (unpaired) electrons. The van der Waals surface area contributed by atoms with Gasteiger partial charge in [0.25, 0.3) is 6.29 Å². The van der Waals surface area contributed by atoms with E-state index in [0.717, 1.165) is 44.9 Å². The molecule has 0 aromatic heterocycles. The minimum atomic E-state index is -1.56. The van der Waals surface area contributed by atoms with Crippen molar-refractivity contribution in [2.45, 2.75) is 71.0 Å². The molecule has 8 heteroatoms. The summed E-state index contributed by atoms with van der Waals surface area (Å²) in [6.45, 7) is 5.54. The Morgan fingerprint density at radius 1 is 0.840 bits per heavy atom. The molecular formula is C17H28O8. The van der Waals surface area contributed by atoms with Crippen molar-refractivity contribution in [3.63, 3.8) is 0 Å². The monoisotopic (exact) mass is 360 g/mol. The summed E-state index contributed by atoms with van der Waals surface area (Å²) in [6.07, 6.45) is 3.26. The fourth-order valence-corrected chi connectivity index (χ4v) is 2.13. The third-order valence-electron chi connectivity index (χ3n) is 3.38. The number of ether oxygens (including phenoxy) is 3. The van der Waals surface area contributed by atoms with E-state index in [1.165, 1.54) is 0 Å². The van der Waals surface area contributed by atoms with Gasteiger partial charge >= 0.3 is 18.3 Å². The standard InChI is InChI=1S/C17H28O8/c1-13(2)15(18)23-12-10-8-6-4-3-5-7-9-11-14(24-16(19)20)25-17(21)22/h14H,1,3-12H2,2H3,(H,19,20)(H,21,22). The normalized spacial score (nSPS) is 10.3. The molecule has 0 rings (SSSR count). The summed E-state index contributed by atoms with van der Waals surface area (Å²) in [5.41, 5.74) is 0.407. The van der Waals surface area contributed by atoms with Gasteiger partial charge in [0.2, 0.25) is 0 Å². The maximum absolute atomic E-state index is 11.1. The molecule has 0 bridgehead atoms. The SMILES string of the molecule is C=C(C)C(=O)OCCCCCCCCCCC(OC(=O)O)OC(=O)O. The van der Waals surface area contributed by atoms with Gasteiger partial charge in [-0.25, -0.2) is 14.4 Å². The fourth-order valence-electron chi connectivity index (χ4n) is 2.13. The van der Waals surface area contributed by atoms with Gasteiger partial charge in [0, 0.05) is 12.0 Å². The largest absolute Gasteiger partial charge is 0.508 e. The van der Waals surface area contributed by atoms with Gasteiger partial charge in [0.05, 0.1) is 6.61 Å². The summed E-state index contributed by atoms with van der Waals surface area (Å²) in [6, 6.07) is 0. The van der Waals surface area contributed by atoms with Crippen molar-refractivity contribution >= 4 is 18.3 Å². The number of carbonyl (C=O) groups is 3. The average molecular weight is 360 g/mol. The van der Waals surface area contributed by atoms with E-state index in [1.54, 1.807) is 6.92 Å². The minimum absolute atomic E-state index is 0.215. The van der Waals surface area contributed by atoms with Gasteiger partial charge in [0.1, 0.15) is 0 Å². The molecule has 0 saturated heterocycles. The van der Waals surface area contributed by atoms with Crippen molar-refractivity contribution in [3.05, 3.63) is 12.2 Å². The lowest BCUT2D eigenvalue weighted by Gasteiger charge is -2.14. The summed E-state index contributed by atoms with van der Waals surface area (Å²) in [5.74, 6) is -0.350. The first-order valence-corrected chi connectivity index (χ1v) is 8.44. The van der Waals surface area contributed by atoms with Crippen LogP contribution in [0.25, 0.3) is 0 Å². The van der Waals surface area contributed by atoms with Gasteiger partial charge in [-0.3, -0.25) is 0 Å². The van der Waals surface area contributed by atoms with E-state index in [4.69, 9.17) is 14.9 Å². The van der Waals surface area contributed by atoms with E-state index < -0.39 is 18.6 Å². The molecule has 0 unspecified atom stereocenters. The summed E-state index contributed by atoms with van der Waals surface area (Å²) in [4.78, 5) is 32.0. The van der Waals surface area contributed by atoms with E-state index in [1.807, 2.05) is 0 Å². The number of rotatable bonds is 14. The highest BCUT2D eigenvalue weighted by molar-refractivity contribution is 5.86. The van der Waals surface area contributed by atoms with Crippen LogP contribution in [0.5, 0.6) is 0 Å². The second kappa shape index (κ2) is 14.1. The van der Waals surface area contributed by atoms with Crippen LogP contribution in [0.3, 0.4) is 0 Å². The predicted molar refractivity (Wildman–Crippen MR) is 89.3 cm³/mol. The fraction of sp³-hybridized carbons (Fsp3) is 0.706. The quantitative estimate of drug-likeness (QED) is 0.203. The van der Waals surface area contributed by atoms with Crippen molar-refractivity contribution < 1.29 is 38.8 Å². The van der Waals surface area contributed by atoms with Crippen molar-refractivity contribution in [1.82, 2.24) is 0 Å². The summed E-state index contributed by atoms with van der Waals surface area (Å²) < 4.78 is 13.7. The Kier molecular flexibility index (Phi) is 12.9. The molecule has 2 N–H and O–H groups in total. The number of carboxylic acid groups (broad SMARTS) is 2. The molecule has 0 heterocycles. The molecular weight excluding hydrogens is 332 g/mol. The zero-order chi connectivity index (χ0) is 19.1.